The van der Waals surface area contributed by atoms with Crippen LogP contribution in [0, 0.1) is 5.41 Å². The molecule has 0 spiro atoms. The number of aryl methyl sites for hydroxylation is 1. The van der Waals surface area contributed by atoms with Crippen LogP contribution in [0.1, 0.15) is 18.0 Å². The monoisotopic (exact) mass is 394 g/mol. The average molecular weight is 395 g/mol. The molecule has 144 valence electrons. The first-order valence-corrected chi connectivity index (χ1v) is 7.01. The summed E-state index contributed by atoms with van der Waals surface area (Å²) in [5.74, 6) is -0.846. The number of likely N-dealkylation sites (N-methyl/N-ethyl adjacent to an activating group) is 1. The summed E-state index contributed by atoms with van der Waals surface area (Å²) in [7, 11) is 2.97. The van der Waals surface area contributed by atoms with Gasteiger partial charge in [-0.25, -0.2) is 0 Å². The zero-order valence-corrected chi connectivity index (χ0v) is 14.1. The third kappa shape index (κ3) is 3.71. The van der Waals surface area contributed by atoms with E-state index in [1.807, 2.05) is 0 Å². The number of carbonyl (C=O) groups is 1. The average Bonchev–Trinajstić information content (AvgIpc) is 3.05. The molecule has 1 atom stereocenters. The second-order valence-corrected chi connectivity index (χ2v) is 5.76. The van der Waals surface area contributed by atoms with Gasteiger partial charge in [-0.2, -0.15) is 31.4 Å². The SMILES string of the molecule is CNC(C(=O)N1CCC(C(F)(F)F)(C(F)(F)F)C1)c1cnn(C)c1.Cl. The highest BCUT2D eigenvalue weighted by molar-refractivity contribution is 5.85. The molecule has 0 aromatic carbocycles. The topological polar surface area (TPSA) is 50.2 Å². The number of aromatic nitrogens is 2. The lowest BCUT2D eigenvalue weighted by molar-refractivity contribution is -0.334. The van der Waals surface area contributed by atoms with Crippen LogP contribution in [-0.2, 0) is 11.8 Å². The molecule has 12 heteroatoms. The number of alkyl halides is 6. The van der Waals surface area contributed by atoms with E-state index in [9.17, 15) is 31.1 Å². The van der Waals surface area contributed by atoms with Crippen molar-refractivity contribution in [1.82, 2.24) is 20.0 Å². The molecule has 1 aromatic heterocycles. The van der Waals surface area contributed by atoms with E-state index in [4.69, 9.17) is 0 Å². The summed E-state index contributed by atoms with van der Waals surface area (Å²) in [6.07, 6.45) is -9.37. The Labute approximate surface area is 145 Å². The number of amides is 1. The third-order valence-electron chi connectivity index (χ3n) is 4.26. The minimum absolute atomic E-state index is 0. The molecule has 1 saturated heterocycles. The van der Waals surface area contributed by atoms with Crippen molar-refractivity contribution >= 4 is 18.3 Å². The molecular formula is C13H17ClF6N4O. The molecule has 2 rings (SSSR count). The summed E-state index contributed by atoms with van der Waals surface area (Å²) in [6.45, 7) is -2.05. The highest BCUT2D eigenvalue weighted by Gasteiger charge is 2.73. The van der Waals surface area contributed by atoms with Crippen molar-refractivity contribution in [3.8, 4) is 0 Å². The van der Waals surface area contributed by atoms with E-state index in [-0.39, 0.29) is 12.4 Å². The van der Waals surface area contributed by atoms with Gasteiger partial charge >= 0.3 is 12.4 Å². The van der Waals surface area contributed by atoms with Gasteiger partial charge in [-0.15, -0.1) is 12.4 Å². The van der Waals surface area contributed by atoms with Crippen LogP contribution in [0.2, 0.25) is 0 Å². The largest absolute Gasteiger partial charge is 0.404 e. The number of hydrogen-bond acceptors (Lipinski definition) is 3. The Morgan fingerprint density at radius 1 is 1.28 bits per heavy atom. The van der Waals surface area contributed by atoms with Crippen molar-refractivity contribution < 1.29 is 31.1 Å². The summed E-state index contributed by atoms with van der Waals surface area (Å²) >= 11 is 0. The zero-order valence-electron chi connectivity index (χ0n) is 13.3. The molecule has 0 bridgehead atoms. The lowest BCUT2D eigenvalue weighted by Crippen LogP contribution is -2.52. The van der Waals surface area contributed by atoms with Crippen LogP contribution in [0.4, 0.5) is 26.3 Å². The van der Waals surface area contributed by atoms with Gasteiger partial charge in [-0.1, -0.05) is 0 Å². The fourth-order valence-electron chi connectivity index (χ4n) is 2.83. The number of likely N-dealkylation sites (tertiary alicyclic amines) is 1. The van der Waals surface area contributed by atoms with E-state index in [0.29, 0.717) is 10.5 Å². The molecule has 0 aliphatic carbocycles. The summed E-state index contributed by atoms with van der Waals surface area (Å²) < 4.78 is 79.8. The number of carbonyl (C=O) groups excluding carboxylic acids is 1. The van der Waals surface area contributed by atoms with Crippen LogP contribution in [0.5, 0.6) is 0 Å². The molecule has 0 radical (unpaired) electrons. The Kier molecular flexibility index (Phi) is 6.05. The molecule has 1 aromatic rings. The number of nitrogens with one attached hydrogen (secondary N) is 1. The molecule has 0 saturated carbocycles. The Hall–Kier alpha value is -1.49. The minimum atomic E-state index is -5.48. The van der Waals surface area contributed by atoms with Gasteiger partial charge in [0.2, 0.25) is 5.91 Å². The third-order valence-corrected chi connectivity index (χ3v) is 4.26. The molecule has 25 heavy (non-hydrogen) atoms. The maximum Gasteiger partial charge on any atom is 0.404 e. The van der Waals surface area contributed by atoms with Crippen LogP contribution in [0.25, 0.3) is 0 Å². The van der Waals surface area contributed by atoms with E-state index in [1.165, 1.54) is 24.1 Å². The van der Waals surface area contributed by atoms with Crippen molar-refractivity contribution in [3.63, 3.8) is 0 Å². The van der Waals surface area contributed by atoms with Gasteiger partial charge in [-0.05, 0) is 13.5 Å². The standard InChI is InChI=1S/C13H16F6N4O.ClH/c1-20-9(8-5-21-22(2)6-8)10(24)23-4-3-11(7-23,12(14,15)16)13(17,18)19;/h5-6,9,20H,3-4,7H2,1-2H3;1H. The summed E-state index contributed by atoms with van der Waals surface area (Å²) in [6, 6.07) is -1.06. The second-order valence-electron chi connectivity index (χ2n) is 5.76. The van der Waals surface area contributed by atoms with Crippen LogP contribution in [-0.4, -0.2) is 53.1 Å². The quantitative estimate of drug-likeness (QED) is 0.801. The fourth-order valence-corrected chi connectivity index (χ4v) is 2.83. The predicted molar refractivity (Wildman–Crippen MR) is 78.0 cm³/mol. The van der Waals surface area contributed by atoms with Crippen LogP contribution < -0.4 is 5.32 Å². The number of nitrogens with zero attached hydrogens (tertiary/aromatic N) is 3. The van der Waals surface area contributed by atoms with Crippen LogP contribution in [0.3, 0.4) is 0 Å². The van der Waals surface area contributed by atoms with Gasteiger partial charge in [0.15, 0.2) is 5.41 Å². The lowest BCUT2D eigenvalue weighted by Gasteiger charge is -2.33. The van der Waals surface area contributed by atoms with Gasteiger partial charge in [0.05, 0.1) is 6.20 Å². The van der Waals surface area contributed by atoms with Crippen molar-refractivity contribution in [1.29, 1.82) is 0 Å². The maximum absolute atomic E-state index is 13.1. The zero-order chi connectivity index (χ0) is 18.3. The van der Waals surface area contributed by atoms with Gasteiger partial charge in [-0.3, -0.25) is 9.48 Å². The van der Waals surface area contributed by atoms with E-state index in [1.54, 1.807) is 7.05 Å². The van der Waals surface area contributed by atoms with E-state index >= 15 is 0 Å². The van der Waals surface area contributed by atoms with Crippen molar-refractivity contribution in [2.45, 2.75) is 24.8 Å². The van der Waals surface area contributed by atoms with E-state index < -0.39 is 49.2 Å². The maximum atomic E-state index is 13.1. The second kappa shape index (κ2) is 7.02. The Bertz CT molecular complexity index is 600. The molecular weight excluding hydrogens is 378 g/mol. The molecule has 1 amide bonds. The highest BCUT2D eigenvalue weighted by Crippen LogP contribution is 2.55. The molecule has 1 unspecified atom stereocenters. The number of hydrogen-bond donors (Lipinski definition) is 1. The Balaban J connectivity index is 0.00000312. The molecule has 1 fully saturated rings. The van der Waals surface area contributed by atoms with E-state index in [2.05, 4.69) is 10.4 Å². The Morgan fingerprint density at radius 3 is 2.20 bits per heavy atom. The normalized spacial score (nSPS) is 18.8. The summed E-state index contributed by atoms with van der Waals surface area (Å²) in [5.41, 5.74) is -3.52. The summed E-state index contributed by atoms with van der Waals surface area (Å²) in [5, 5.41) is 6.45. The predicted octanol–water partition coefficient (Wildman–Crippen LogP) is 2.45. The number of rotatable bonds is 3. The van der Waals surface area contributed by atoms with E-state index in [0.717, 1.165) is 0 Å². The van der Waals surface area contributed by atoms with Crippen molar-refractivity contribution in [2.75, 3.05) is 20.1 Å². The summed E-state index contributed by atoms with van der Waals surface area (Å²) in [4.78, 5) is 13.0. The van der Waals surface area contributed by atoms with Crippen molar-refractivity contribution in [3.05, 3.63) is 18.0 Å². The van der Waals surface area contributed by atoms with Crippen LogP contribution >= 0.6 is 12.4 Å². The van der Waals surface area contributed by atoms with Crippen LogP contribution in [0.15, 0.2) is 12.4 Å². The molecule has 2 heterocycles. The van der Waals surface area contributed by atoms with Crippen molar-refractivity contribution in [2.24, 2.45) is 12.5 Å². The van der Waals surface area contributed by atoms with Gasteiger partial charge in [0.1, 0.15) is 6.04 Å². The molecule has 1 aliphatic heterocycles. The lowest BCUT2D eigenvalue weighted by atomic mass is 9.85. The molecule has 1 aliphatic rings. The first-order chi connectivity index (χ1) is 10.9. The highest BCUT2D eigenvalue weighted by atomic mass is 35.5. The smallest absolute Gasteiger partial charge is 0.340 e. The first kappa shape index (κ1) is 21.6. The van der Waals surface area contributed by atoms with Gasteiger partial charge in [0, 0.05) is 31.9 Å². The van der Waals surface area contributed by atoms with Gasteiger partial charge in [0.25, 0.3) is 0 Å². The number of halogens is 7. The van der Waals surface area contributed by atoms with Gasteiger partial charge < -0.3 is 10.2 Å². The Morgan fingerprint density at radius 2 is 1.84 bits per heavy atom. The fraction of sp³-hybridized carbons (Fsp3) is 0.692. The first-order valence-electron chi connectivity index (χ1n) is 7.01. The molecule has 5 nitrogen and oxygen atoms in total. The molecule has 1 N–H and O–H groups in total. The minimum Gasteiger partial charge on any atom is -0.340 e.